The molecule has 0 aliphatic carbocycles. The van der Waals surface area contributed by atoms with E-state index >= 15 is 0 Å². The minimum atomic E-state index is -1.39. The standard InChI is InChI=1S/C29H30F3N7O3/c1-7-26(40)34-21-13-22(25(42-6)14-24(21)38(5)9-8-37(3)4)35-29-33-15-17-16(2)10-27(41)39(28(17)36-29)23-12-19(31)18(30)11-20(23)32/h7,10-15H,1,8-9H2,2-6H3,(H,34,40)(H,33,35,36). The summed E-state index contributed by atoms with van der Waals surface area (Å²) in [6.45, 7) is 6.56. The third kappa shape index (κ3) is 6.20. The summed E-state index contributed by atoms with van der Waals surface area (Å²) in [6.07, 6.45) is 2.57. The zero-order valence-electron chi connectivity index (χ0n) is 23.8. The first-order chi connectivity index (χ1) is 19.9. The van der Waals surface area contributed by atoms with Crippen LogP contribution in [0.15, 0.2) is 54.0 Å². The van der Waals surface area contributed by atoms with E-state index in [-0.39, 0.29) is 11.6 Å². The fourth-order valence-corrected chi connectivity index (χ4v) is 4.26. The second kappa shape index (κ2) is 12.3. The largest absolute Gasteiger partial charge is 0.494 e. The molecule has 2 heterocycles. The Morgan fingerprint density at radius 2 is 1.76 bits per heavy atom. The molecule has 0 spiro atoms. The van der Waals surface area contributed by atoms with E-state index in [1.54, 1.807) is 19.1 Å². The first-order valence-electron chi connectivity index (χ1n) is 12.8. The van der Waals surface area contributed by atoms with E-state index in [9.17, 15) is 22.8 Å². The predicted octanol–water partition coefficient (Wildman–Crippen LogP) is 4.38. The van der Waals surface area contributed by atoms with Crippen LogP contribution in [-0.4, -0.2) is 66.7 Å². The summed E-state index contributed by atoms with van der Waals surface area (Å²) in [5.41, 5.74) is 0.729. The summed E-state index contributed by atoms with van der Waals surface area (Å²) in [7, 11) is 7.25. The number of nitrogens with zero attached hydrogens (tertiary/aromatic N) is 5. The first-order valence-corrected chi connectivity index (χ1v) is 12.8. The minimum absolute atomic E-state index is 0.0164. The molecule has 0 aliphatic heterocycles. The topological polar surface area (TPSA) is 105 Å². The number of halogens is 3. The van der Waals surface area contributed by atoms with Gasteiger partial charge in [-0.3, -0.25) is 14.2 Å². The van der Waals surface area contributed by atoms with Crippen LogP contribution in [0.5, 0.6) is 5.75 Å². The zero-order valence-corrected chi connectivity index (χ0v) is 23.8. The van der Waals surface area contributed by atoms with Gasteiger partial charge in [-0.15, -0.1) is 0 Å². The average Bonchev–Trinajstić information content (AvgIpc) is 2.94. The van der Waals surface area contributed by atoms with Crippen LogP contribution in [0, 0.1) is 24.4 Å². The molecule has 4 aromatic rings. The second-order valence-corrected chi connectivity index (χ2v) is 9.76. The van der Waals surface area contributed by atoms with Gasteiger partial charge >= 0.3 is 0 Å². The number of likely N-dealkylation sites (N-methyl/N-ethyl adjacent to an activating group) is 2. The molecule has 10 nitrogen and oxygen atoms in total. The van der Waals surface area contributed by atoms with E-state index in [0.717, 1.165) is 17.2 Å². The Bertz CT molecular complexity index is 1740. The van der Waals surface area contributed by atoms with E-state index < -0.39 is 34.6 Å². The van der Waals surface area contributed by atoms with Crippen LogP contribution in [0.3, 0.4) is 0 Å². The van der Waals surface area contributed by atoms with Crippen LogP contribution in [0.2, 0.25) is 0 Å². The highest BCUT2D eigenvalue weighted by Gasteiger charge is 2.20. The van der Waals surface area contributed by atoms with Crippen LogP contribution in [-0.2, 0) is 4.79 Å². The number of rotatable bonds is 10. The molecule has 2 aromatic carbocycles. The monoisotopic (exact) mass is 581 g/mol. The molecule has 0 fully saturated rings. The van der Waals surface area contributed by atoms with E-state index in [0.29, 0.717) is 52.4 Å². The highest BCUT2D eigenvalue weighted by Crippen LogP contribution is 2.38. The maximum Gasteiger partial charge on any atom is 0.257 e. The van der Waals surface area contributed by atoms with Gasteiger partial charge < -0.3 is 25.2 Å². The fraction of sp³-hybridized carbons (Fsp3) is 0.241. The summed E-state index contributed by atoms with van der Waals surface area (Å²) in [4.78, 5) is 38.0. The summed E-state index contributed by atoms with van der Waals surface area (Å²) in [5, 5.41) is 6.20. The lowest BCUT2D eigenvalue weighted by Gasteiger charge is -2.26. The molecule has 0 atom stereocenters. The van der Waals surface area contributed by atoms with Crippen LogP contribution >= 0.6 is 0 Å². The lowest BCUT2D eigenvalue weighted by atomic mass is 10.2. The molecule has 4 rings (SSSR count). The number of methoxy groups -OCH3 is 1. The van der Waals surface area contributed by atoms with Gasteiger partial charge in [-0.25, -0.2) is 18.2 Å². The highest BCUT2D eigenvalue weighted by molar-refractivity contribution is 6.02. The van der Waals surface area contributed by atoms with Gasteiger partial charge in [0.05, 0.1) is 29.9 Å². The van der Waals surface area contributed by atoms with E-state index in [2.05, 4.69) is 27.2 Å². The van der Waals surface area contributed by atoms with E-state index in [1.807, 2.05) is 30.9 Å². The van der Waals surface area contributed by atoms with Gasteiger partial charge in [0.2, 0.25) is 11.9 Å². The third-order valence-corrected chi connectivity index (χ3v) is 6.50. The van der Waals surface area contributed by atoms with Crippen molar-refractivity contribution in [3.05, 3.63) is 82.6 Å². The Balaban J connectivity index is 1.85. The van der Waals surface area contributed by atoms with Gasteiger partial charge in [-0.05, 0) is 38.7 Å². The molecule has 2 aromatic heterocycles. The number of aromatic nitrogens is 3. The van der Waals surface area contributed by atoms with Crippen molar-refractivity contribution in [1.82, 2.24) is 19.4 Å². The smallest absolute Gasteiger partial charge is 0.257 e. The van der Waals surface area contributed by atoms with Gasteiger partial charge in [0.1, 0.15) is 11.6 Å². The maximum absolute atomic E-state index is 14.8. The van der Waals surface area contributed by atoms with Crippen molar-refractivity contribution in [1.29, 1.82) is 0 Å². The van der Waals surface area contributed by atoms with Gasteiger partial charge in [0, 0.05) is 56.0 Å². The van der Waals surface area contributed by atoms with Crippen molar-refractivity contribution in [2.75, 3.05) is 56.9 Å². The summed E-state index contributed by atoms with van der Waals surface area (Å²) in [5.74, 6) is -3.92. The number of carbonyl (C=O) groups excluding carboxylic acids is 1. The van der Waals surface area contributed by atoms with Gasteiger partial charge in [0.25, 0.3) is 5.56 Å². The second-order valence-electron chi connectivity index (χ2n) is 9.76. The molecule has 220 valence electrons. The number of hydrogen-bond acceptors (Lipinski definition) is 8. The third-order valence-electron chi connectivity index (χ3n) is 6.50. The molecule has 0 saturated heterocycles. The summed E-state index contributed by atoms with van der Waals surface area (Å²) in [6, 6.07) is 5.55. The molecule has 13 heteroatoms. The predicted molar refractivity (Wildman–Crippen MR) is 157 cm³/mol. The van der Waals surface area contributed by atoms with Crippen LogP contribution in [0.4, 0.5) is 36.2 Å². The lowest BCUT2D eigenvalue weighted by Crippen LogP contribution is -2.29. The number of anilines is 4. The van der Waals surface area contributed by atoms with Crippen molar-refractivity contribution >= 4 is 40.0 Å². The Hall–Kier alpha value is -4.91. The molecule has 1 amide bonds. The SMILES string of the molecule is C=CC(=O)Nc1cc(Nc2ncc3c(C)cc(=O)n(-c4cc(F)c(F)cc4F)c3n2)c(OC)cc1N(C)CCN(C)C. The normalized spacial score (nSPS) is 11.1. The number of carbonyl (C=O) groups is 1. The molecule has 0 unspecified atom stereocenters. The molecule has 0 saturated carbocycles. The van der Waals surface area contributed by atoms with Gasteiger partial charge in [-0.1, -0.05) is 6.58 Å². The number of aryl methyl sites for hydroxylation is 1. The highest BCUT2D eigenvalue weighted by atomic mass is 19.2. The van der Waals surface area contributed by atoms with Gasteiger partial charge in [-0.2, -0.15) is 4.98 Å². The van der Waals surface area contributed by atoms with E-state index in [1.165, 1.54) is 19.4 Å². The lowest BCUT2D eigenvalue weighted by molar-refractivity contribution is -0.111. The Labute approximate surface area is 240 Å². The number of ether oxygens (including phenoxy) is 1. The van der Waals surface area contributed by atoms with Crippen molar-refractivity contribution < 1.29 is 22.7 Å². The number of nitrogens with one attached hydrogen (secondary N) is 2. The molecule has 0 radical (unpaired) electrons. The average molecular weight is 582 g/mol. The molecular formula is C29H30F3N7O3. The number of amides is 1. The molecule has 42 heavy (non-hydrogen) atoms. The Morgan fingerprint density at radius 1 is 1.05 bits per heavy atom. The maximum atomic E-state index is 14.8. The van der Waals surface area contributed by atoms with Gasteiger partial charge in [0.15, 0.2) is 17.3 Å². The molecule has 2 N–H and O–H groups in total. The van der Waals surface area contributed by atoms with Crippen LogP contribution in [0.1, 0.15) is 5.56 Å². The van der Waals surface area contributed by atoms with Crippen LogP contribution in [0.25, 0.3) is 16.7 Å². The number of fused-ring (bicyclic) bond motifs is 1. The van der Waals surface area contributed by atoms with Crippen LogP contribution < -0.4 is 25.8 Å². The molecule has 0 bridgehead atoms. The number of benzene rings is 2. The number of hydrogen-bond donors (Lipinski definition) is 2. The Kier molecular flexibility index (Phi) is 8.81. The first kappa shape index (κ1) is 30.1. The fourth-order valence-electron chi connectivity index (χ4n) is 4.26. The quantitative estimate of drug-likeness (QED) is 0.210. The van der Waals surface area contributed by atoms with Crippen molar-refractivity contribution in [2.24, 2.45) is 0 Å². The van der Waals surface area contributed by atoms with E-state index in [4.69, 9.17) is 4.74 Å². The minimum Gasteiger partial charge on any atom is -0.494 e. The summed E-state index contributed by atoms with van der Waals surface area (Å²) < 4.78 is 48.9. The van der Waals surface area contributed by atoms with Crippen molar-refractivity contribution in [3.8, 4) is 11.4 Å². The molecule has 0 aliphatic rings. The summed E-state index contributed by atoms with van der Waals surface area (Å²) >= 11 is 0. The number of pyridine rings is 1. The molecular weight excluding hydrogens is 551 g/mol. The zero-order chi connectivity index (χ0) is 30.7. The Morgan fingerprint density at radius 3 is 2.43 bits per heavy atom. The van der Waals surface area contributed by atoms with Crippen molar-refractivity contribution in [3.63, 3.8) is 0 Å². The van der Waals surface area contributed by atoms with Crippen molar-refractivity contribution in [2.45, 2.75) is 6.92 Å².